The highest BCUT2D eigenvalue weighted by atomic mass is 16.5. The van der Waals surface area contributed by atoms with Gasteiger partial charge in [-0.25, -0.2) is 0 Å². The first-order valence-corrected chi connectivity index (χ1v) is 7.31. The molecule has 0 aromatic carbocycles. The Kier molecular flexibility index (Phi) is 3.25. The minimum Gasteiger partial charge on any atom is -0.381 e. The van der Waals surface area contributed by atoms with E-state index < -0.39 is 0 Å². The summed E-state index contributed by atoms with van der Waals surface area (Å²) in [6.45, 7) is 1.97. The highest BCUT2D eigenvalue weighted by molar-refractivity contribution is 5.97. The zero-order valence-corrected chi connectivity index (χ0v) is 11.6. The van der Waals surface area contributed by atoms with Crippen molar-refractivity contribution in [1.29, 1.82) is 0 Å². The van der Waals surface area contributed by atoms with E-state index >= 15 is 0 Å². The van der Waals surface area contributed by atoms with E-state index in [0.29, 0.717) is 12.3 Å². The summed E-state index contributed by atoms with van der Waals surface area (Å²) in [5.41, 5.74) is 0. The first-order chi connectivity index (χ1) is 9.15. The number of amides is 2. The van der Waals surface area contributed by atoms with Crippen LogP contribution < -0.4 is 5.32 Å². The van der Waals surface area contributed by atoms with E-state index in [1.54, 1.807) is 7.11 Å². The number of piperazine rings is 1. The molecule has 2 aliphatic carbocycles. The molecule has 2 saturated carbocycles. The third kappa shape index (κ3) is 2.14. The van der Waals surface area contributed by atoms with Gasteiger partial charge in [0.1, 0.15) is 12.1 Å². The molecule has 2 unspecified atom stereocenters. The highest BCUT2D eigenvalue weighted by Crippen LogP contribution is 2.38. The summed E-state index contributed by atoms with van der Waals surface area (Å²) >= 11 is 0. The average molecular weight is 266 g/mol. The van der Waals surface area contributed by atoms with Crippen LogP contribution in [-0.4, -0.2) is 48.1 Å². The fourth-order valence-corrected chi connectivity index (χ4v) is 3.27. The van der Waals surface area contributed by atoms with E-state index in [1.807, 2.05) is 11.8 Å². The minimum atomic E-state index is -0.287. The molecule has 2 amide bonds. The normalized spacial score (nSPS) is 38.9. The van der Waals surface area contributed by atoms with Gasteiger partial charge in [0.15, 0.2) is 0 Å². The molecule has 19 heavy (non-hydrogen) atoms. The van der Waals surface area contributed by atoms with Crippen LogP contribution in [0.3, 0.4) is 0 Å². The number of rotatable bonds is 4. The third-order valence-corrected chi connectivity index (χ3v) is 4.73. The summed E-state index contributed by atoms with van der Waals surface area (Å²) in [6.07, 6.45) is 4.79. The lowest BCUT2D eigenvalue weighted by Gasteiger charge is -2.48. The lowest BCUT2D eigenvalue weighted by atomic mass is 9.85. The number of nitrogens with zero attached hydrogens (tertiary/aromatic N) is 1. The van der Waals surface area contributed by atoms with Gasteiger partial charge >= 0.3 is 0 Å². The molecular formula is C14H22N2O3. The molecule has 3 aliphatic rings. The Morgan fingerprint density at radius 1 is 1.32 bits per heavy atom. The summed E-state index contributed by atoms with van der Waals surface area (Å²) in [6, 6.07) is -0.364. The zero-order chi connectivity index (χ0) is 13.6. The van der Waals surface area contributed by atoms with E-state index in [2.05, 4.69) is 5.32 Å². The Balaban J connectivity index is 1.76. The lowest BCUT2D eigenvalue weighted by Crippen LogP contribution is -2.68. The van der Waals surface area contributed by atoms with Gasteiger partial charge in [0, 0.05) is 13.2 Å². The smallest absolute Gasteiger partial charge is 0.246 e. The number of ether oxygens (including phenoxy) is 1. The predicted octanol–water partition coefficient (Wildman–Crippen LogP) is 0.679. The van der Waals surface area contributed by atoms with Gasteiger partial charge in [-0.3, -0.25) is 9.59 Å². The summed E-state index contributed by atoms with van der Waals surface area (Å²) < 4.78 is 5.29. The molecule has 0 spiro atoms. The van der Waals surface area contributed by atoms with Crippen molar-refractivity contribution in [2.75, 3.05) is 7.11 Å². The molecule has 1 heterocycles. The SMILES string of the molecule is CCC1C(=O)NC(C2CC2)C(=O)N1C1CC(OC)C1. The molecular weight excluding hydrogens is 244 g/mol. The first-order valence-electron chi connectivity index (χ1n) is 7.31. The fourth-order valence-electron chi connectivity index (χ4n) is 3.27. The van der Waals surface area contributed by atoms with Crippen molar-refractivity contribution in [3.8, 4) is 0 Å². The van der Waals surface area contributed by atoms with Gasteiger partial charge in [-0.15, -0.1) is 0 Å². The molecule has 0 radical (unpaired) electrons. The molecule has 5 nitrogen and oxygen atoms in total. The van der Waals surface area contributed by atoms with Crippen LogP contribution >= 0.6 is 0 Å². The maximum absolute atomic E-state index is 12.6. The van der Waals surface area contributed by atoms with Gasteiger partial charge in [0.25, 0.3) is 0 Å². The topological polar surface area (TPSA) is 58.6 Å². The molecule has 0 aromatic heterocycles. The molecule has 3 rings (SSSR count). The van der Waals surface area contributed by atoms with Crippen molar-refractivity contribution >= 4 is 11.8 Å². The van der Waals surface area contributed by atoms with Crippen LogP contribution in [0.15, 0.2) is 0 Å². The van der Waals surface area contributed by atoms with Gasteiger partial charge in [0.2, 0.25) is 11.8 Å². The molecule has 106 valence electrons. The van der Waals surface area contributed by atoms with Gasteiger partial charge < -0.3 is 15.0 Å². The Morgan fingerprint density at radius 3 is 2.53 bits per heavy atom. The van der Waals surface area contributed by atoms with Crippen LogP contribution in [0.1, 0.15) is 39.0 Å². The first kappa shape index (κ1) is 12.9. The van der Waals surface area contributed by atoms with Gasteiger partial charge in [-0.2, -0.15) is 0 Å². The summed E-state index contributed by atoms with van der Waals surface area (Å²) in [4.78, 5) is 26.7. The predicted molar refractivity (Wildman–Crippen MR) is 69.4 cm³/mol. The van der Waals surface area contributed by atoms with Crippen LogP contribution in [0.5, 0.6) is 0 Å². The molecule has 1 saturated heterocycles. The second-order valence-electron chi connectivity index (χ2n) is 5.98. The lowest BCUT2D eigenvalue weighted by molar-refractivity contribution is -0.158. The second-order valence-corrected chi connectivity index (χ2v) is 5.98. The van der Waals surface area contributed by atoms with Gasteiger partial charge in [-0.1, -0.05) is 6.92 Å². The van der Waals surface area contributed by atoms with Crippen molar-refractivity contribution in [3.63, 3.8) is 0 Å². The Morgan fingerprint density at radius 2 is 2.00 bits per heavy atom. The fraction of sp³-hybridized carbons (Fsp3) is 0.857. The average Bonchev–Trinajstić information content (AvgIpc) is 3.15. The quantitative estimate of drug-likeness (QED) is 0.814. The Bertz CT molecular complexity index is 388. The molecule has 2 atom stereocenters. The van der Waals surface area contributed by atoms with Crippen LogP contribution in [0.25, 0.3) is 0 Å². The summed E-state index contributed by atoms with van der Waals surface area (Å²) in [5, 5.41) is 2.93. The minimum absolute atomic E-state index is 0.0277. The van der Waals surface area contributed by atoms with Crippen molar-refractivity contribution < 1.29 is 14.3 Å². The van der Waals surface area contributed by atoms with Crippen molar-refractivity contribution in [3.05, 3.63) is 0 Å². The maximum Gasteiger partial charge on any atom is 0.246 e. The van der Waals surface area contributed by atoms with Gasteiger partial charge in [-0.05, 0) is 38.0 Å². The van der Waals surface area contributed by atoms with E-state index in [1.165, 1.54) is 0 Å². The van der Waals surface area contributed by atoms with E-state index in [4.69, 9.17) is 4.74 Å². The number of hydrogen-bond acceptors (Lipinski definition) is 3. The van der Waals surface area contributed by atoms with Crippen LogP contribution in [0.2, 0.25) is 0 Å². The number of carbonyl (C=O) groups is 2. The molecule has 1 N–H and O–H groups in total. The van der Waals surface area contributed by atoms with Crippen LogP contribution in [0, 0.1) is 5.92 Å². The summed E-state index contributed by atoms with van der Waals surface area (Å²) in [7, 11) is 1.70. The second kappa shape index (κ2) is 4.78. The summed E-state index contributed by atoms with van der Waals surface area (Å²) in [5.74, 6) is 0.531. The Labute approximate surface area is 113 Å². The number of hydrogen-bond donors (Lipinski definition) is 1. The molecule has 0 aromatic rings. The van der Waals surface area contributed by atoms with E-state index in [0.717, 1.165) is 25.7 Å². The maximum atomic E-state index is 12.6. The van der Waals surface area contributed by atoms with E-state index in [-0.39, 0.29) is 36.0 Å². The van der Waals surface area contributed by atoms with Crippen molar-refractivity contribution in [1.82, 2.24) is 10.2 Å². The number of nitrogens with one attached hydrogen (secondary N) is 1. The molecule has 3 fully saturated rings. The molecule has 1 aliphatic heterocycles. The van der Waals surface area contributed by atoms with Gasteiger partial charge in [0.05, 0.1) is 6.10 Å². The third-order valence-electron chi connectivity index (χ3n) is 4.73. The standard InChI is InChI=1S/C14H22N2O3/c1-3-11-13(17)15-12(8-4-5-8)14(18)16(11)9-6-10(7-9)19-2/h8-12H,3-7H2,1-2H3,(H,15,17). The van der Waals surface area contributed by atoms with E-state index in [9.17, 15) is 9.59 Å². The number of carbonyl (C=O) groups excluding carboxylic acids is 2. The van der Waals surface area contributed by atoms with Crippen LogP contribution in [0.4, 0.5) is 0 Å². The highest BCUT2D eigenvalue weighted by Gasteiger charge is 2.50. The molecule has 0 bridgehead atoms. The van der Waals surface area contributed by atoms with Crippen molar-refractivity contribution in [2.24, 2.45) is 5.92 Å². The number of methoxy groups -OCH3 is 1. The monoisotopic (exact) mass is 266 g/mol. The van der Waals surface area contributed by atoms with Crippen molar-refractivity contribution in [2.45, 2.75) is 63.3 Å². The largest absolute Gasteiger partial charge is 0.381 e. The molecule has 5 heteroatoms. The Hall–Kier alpha value is -1.10. The zero-order valence-electron chi connectivity index (χ0n) is 11.6. The van der Waals surface area contributed by atoms with Crippen LogP contribution in [-0.2, 0) is 14.3 Å².